The van der Waals surface area contributed by atoms with Crippen molar-refractivity contribution in [2.45, 2.75) is 31.9 Å². The molecule has 0 aliphatic heterocycles. The molecule has 10 heteroatoms. The van der Waals surface area contributed by atoms with Crippen LogP contribution >= 0.6 is 0 Å². The Bertz CT molecular complexity index is 1250. The first-order chi connectivity index (χ1) is 17.7. The van der Waals surface area contributed by atoms with Gasteiger partial charge in [-0.25, -0.2) is 4.79 Å². The predicted molar refractivity (Wildman–Crippen MR) is 133 cm³/mol. The number of esters is 1. The van der Waals surface area contributed by atoms with Gasteiger partial charge in [0, 0.05) is 18.5 Å². The van der Waals surface area contributed by atoms with Gasteiger partial charge in [0.15, 0.2) is 23.0 Å². The Morgan fingerprint density at radius 1 is 0.784 bits per heavy atom. The van der Waals surface area contributed by atoms with Crippen molar-refractivity contribution in [2.75, 3.05) is 6.54 Å². The number of aromatic hydroxyl groups is 4. The molecule has 2 amide bonds. The van der Waals surface area contributed by atoms with E-state index in [0.29, 0.717) is 12.0 Å². The van der Waals surface area contributed by atoms with Gasteiger partial charge >= 0.3 is 5.97 Å². The lowest BCUT2D eigenvalue weighted by molar-refractivity contribution is -0.147. The maximum Gasteiger partial charge on any atom is 0.328 e. The van der Waals surface area contributed by atoms with E-state index in [1.807, 2.05) is 6.07 Å². The SMILES string of the molecule is O=C(CCC(NC(=O)c1ccc(O)c(O)c1)C(=O)OCc1ccccc1)NCCc1ccc(O)c(O)c1. The van der Waals surface area contributed by atoms with Crippen molar-refractivity contribution in [1.82, 2.24) is 10.6 Å². The molecule has 3 rings (SSSR count). The number of carbonyl (C=O) groups excluding carboxylic acids is 3. The van der Waals surface area contributed by atoms with Gasteiger partial charge in [0.1, 0.15) is 12.6 Å². The fraction of sp³-hybridized carbons (Fsp3) is 0.222. The zero-order valence-electron chi connectivity index (χ0n) is 19.9. The van der Waals surface area contributed by atoms with Crippen LogP contribution in [0.5, 0.6) is 23.0 Å². The minimum absolute atomic E-state index is 0.0118. The Morgan fingerprint density at radius 3 is 2.14 bits per heavy atom. The second-order valence-corrected chi connectivity index (χ2v) is 8.28. The molecule has 1 unspecified atom stereocenters. The number of carbonyl (C=O) groups is 3. The van der Waals surface area contributed by atoms with Crippen molar-refractivity contribution in [3.63, 3.8) is 0 Å². The highest BCUT2D eigenvalue weighted by atomic mass is 16.5. The Kier molecular flexibility index (Phi) is 9.31. The van der Waals surface area contributed by atoms with Crippen LogP contribution in [0, 0.1) is 0 Å². The highest BCUT2D eigenvalue weighted by molar-refractivity contribution is 5.97. The minimum atomic E-state index is -1.15. The van der Waals surface area contributed by atoms with E-state index in [4.69, 9.17) is 4.74 Å². The summed E-state index contributed by atoms with van der Waals surface area (Å²) < 4.78 is 5.34. The van der Waals surface area contributed by atoms with Gasteiger partial charge in [0.2, 0.25) is 5.91 Å². The first-order valence-electron chi connectivity index (χ1n) is 11.5. The Morgan fingerprint density at radius 2 is 1.46 bits per heavy atom. The molecule has 0 aromatic heterocycles. The highest BCUT2D eigenvalue weighted by Gasteiger charge is 2.24. The number of amides is 2. The average Bonchev–Trinajstić information content (AvgIpc) is 2.89. The van der Waals surface area contributed by atoms with Crippen molar-refractivity contribution < 1.29 is 39.5 Å². The molecule has 0 aliphatic carbocycles. The summed E-state index contributed by atoms with van der Waals surface area (Å²) >= 11 is 0. The molecule has 0 bridgehead atoms. The summed E-state index contributed by atoms with van der Waals surface area (Å²) in [6.45, 7) is 0.239. The molecule has 3 aromatic rings. The van der Waals surface area contributed by atoms with E-state index in [-0.39, 0.29) is 49.0 Å². The van der Waals surface area contributed by atoms with Crippen LogP contribution in [0.3, 0.4) is 0 Å². The second kappa shape index (κ2) is 12.8. The lowest BCUT2D eigenvalue weighted by atomic mass is 10.1. The predicted octanol–water partition coefficient (Wildman–Crippen LogP) is 2.49. The third-order valence-electron chi connectivity index (χ3n) is 5.49. The van der Waals surface area contributed by atoms with E-state index in [1.165, 1.54) is 18.2 Å². The van der Waals surface area contributed by atoms with E-state index in [0.717, 1.165) is 17.7 Å². The molecule has 37 heavy (non-hydrogen) atoms. The molecule has 0 saturated heterocycles. The molecular formula is C27H28N2O8. The van der Waals surface area contributed by atoms with Crippen LogP contribution < -0.4 is 10.6 Å². The molecule has 0 heterocycles. The molecule has 3 aromatic carbocycles. The molecule has 0 fully saturated rings. The smallest absolute Gasteiger partial charge is 0.328 e. The number of nitrogens with one attached hydrogen (secondary N) is 2. The Labute approximate surface area is 213 Å². The molecular weight excluding hydrogens is 480 g/mol. The van der Waals surface area contributed by atoms with Gasteiger partial charge in [-0.2, -0.15) is 0 Å². The van der Waals surface area contributed by atoms with Gasteiger partial charge in [-0.3, -0.25) is 9.59 Å². The van der Waals surface area contributed by atoms with Crippen LogP contribution in [0.4, 0.5) is 0 Å². The van der Waals surface area contributed by atoms with Crippen molar-refractivity contribution >= 4 is 17.8 Å². The van der Waals surface area contributed by atoms with Crippen molar-refractivity contribution in [3.8, 4) is 23.0 Å². The molecule has 0 aliphatic rings. The summed E-state index contributed by atoms with van der Waals surface area (Å²) in [6, 6.07) is 15.7. The largest absolute Gasteiger partial charge is 0.504 e. The summed E-state index contributed by atoms with van der Waals surface area (Å²) in [5.74, 6) is -3.15. The summed E-state index contributed by atoms with van der Waals surface area (Å²) in [7, 11) is 0. The van der Waals surface area contributed by atoms with Gasteiger partial charge in [-0.15, -0.1) is 0 Å². The monoisotopic (exact) mass is 508 g/mol. The standard InChI is InChI=1S/C27H28N2O8/c30-21-9-6-17(14-23(21)32)12-13-28-25(34)11-8-20(27(36)37-16-18-4-2-1-3-5-18)29-26(35)19-7-10-22(31)24(33)15-19/h1-7,9-10,14-15,20,30-33H,8,11-13,16H2,(H,28,34)(H,29,35). The van der Waals surface area contributed by atoms with Crippen LogP contribution in [-0.4, -0.2) is 50.8 Å². The van der Waals surface area contributed by atoms with Crippen LogP contribution in [0.25, 0.3) is 0 Å². The molecule has 194 valence electrons. The normalized spacial score (nSPS) is 11.4. The van der Waals surface area contributed by atoms with Crippen LogP contribution in [0.1, 0.15) is 34.3 Å². The van der Waals surface area contributed by atoms with E-state index in [2.05, 4.69) is 10.6 Å². The van der Waals surface area contributed by atoms with Crippen molar-refractivity contribution in [3.05, 3.63) is 83.4 Å². The van der Waals surface area contributed by atoms with E-state index < -0.39 is 29.4 Å². The second-order valence-electron chi connectivity index (χ2n) is 8.28. The number of phenols is 4. The molecule has 0 spiro atoms. The van der Waals surface area contributed by atoms with Gasteiger partial charge in [0.25, 0.3) is 5.91 Å². The van der Waals surface area contributed by atoms with E-state index in [1.54, 1.807) is 30.3 Å². The van der Waals surface area contributed by atoms with Crippen molar-refractivity contribution in [2.24, 2.45) is 0 Å². The summed E-state index contributed by atoms with van der Waals surface area (Å²) in [4.78, 5) is 37.8. The molecule has 1 atom stereocenters. The highest BCUT2D eigenvalue weighted by Crippen LogP contribution is 2.25. The van der Waals surface area contributed by atoms with Gasteiger partial charge in [-0.05, 0) is 54.3 Å². The summed E-state index contributed by atoms with van der Waals surface area (Å²) in [5, 5.41) is 43.3. The van der Waals surface area contributed by atoms with Crippen LogP contribution in [0.15, 0.2) is 66.7 Å². The Hall–Kier alpha value is -4.73. The van der Waals surface area contributed by atoms with Crippen LogP contribution in [-0.2, 0) is 27.4 Å². The summed E-state index contributed by atoms with van der Waals surface area (Å²) in [5.41, 5.74) is 1.47. The molecule has 10 nitrogen and oxygen atoms in total. The fourth-order valence-corrected chi connectivity index (χ4v) is 3.42. The van der Waals surface area contributed by atoms with Gasteiger partial charge in [-0.1, -0.05) is 36.4 Å². The fourth-order valence-electron chi connectivity index (χ4n) is 3.42. The number of ether oxygens (including phenoxy) is 1. The quantitative estimate of drug-likeness (QED) is 0.170. The lowest BCUT2D eigenvalue weighted by Crippen LogP contribution is -2.42. The number of hydrogen-bond acceptors (Lipinski definition) is 8. The van der Waals surface area contributed by atoms with E-state index >= 15 is 0 Å². The zero-order chi connectivity index (χ0) is 26.8. The number of benzene rings is 3. The number of phenolic OH excluding ortho intramolecular Hbond substituents is 4. The maximum atomic E-state index is 12.8. The Balaban J connectivity index is 1.58. The average molecular weight is 509 g/mol. The molecule has 0 saturated carbocycles. The lowest BCUT2D eigenvalue weighted by Gasteiger charge is -2.18. The number of hydrogen-bond donors (Lipinski definition) is 6. The van der Waals surface area contributed by atoms with E-state index in [9.17, 15) is 34.8 Å². The molecule has 0 radical (unpaired) electrons. The third-order valence-corrected chi connectivity index (χ3v) is 5.49. The minimum Gasteiger partial charge on any atom is -0.504 e. The summed E-state index contributed by atoms with van der Waals surface area (Å²) in [6.07, 6.45) is 0.269. The number of rotatable bonds is 11. The van der Waals surface area contributed by atoms with Crippen LogP contribution in [0.2, 0.25) is 0 Å². The third kappa shape index (κ3) is 8.17. The molecule has 6 N–H and O–H groups in total. The van der Waals surface area contributed by atoms with Gasteiger partial charge < -0.3 is 35.8 Å². The zero-order valence-corrected chi connectivity index (χ0v) is 19.9. The maximum absolute atomic E-state index is 12.8. The van der Waals surface area contributed by atoms with Gasteiger partial charge in [0.05, 0.1) is 0 Å². The topological polar surface area (TPSA) is 165 Å². The first-order valence-corrected chi connectivity index (χ1v) is 11.5. The first kappa shape index (κ1) is 26.9. The van der Waals surface area contributed by atoms with Crippen molar-refractivity contribution in [1.29, 1.82) is 0 Å².